The van der Waals surface area contributed by atoms with Gasteiger partial charge in [-0.05, 0) is 61.4 Å². The monoisotopic (exact) mass is 526 g/mol. The van der Waals surface area contributed by atoms with Gasteiger partial charge in [0.25, 0.3) is 5.78 Å². The summed E-state index contributed by atoms with van der Waals surface area (Å²) in [6.07, 6.45) is 1.82. The molecule has 9 nitrogen and oxygen atoms in total. The van der Waals surface area contributed by atoms with Crippen molar-refractivity contribution in [2.75, 3.05) is 12.0 Å². The highest BCUT2D eigenvalue weighted by molar-refractivity contribution is 7.22. The summed E-state index contributed by atoms with van der Waals surface area (Å²) in [5.41, 5.74) is 3.31. The molecule has 4 heterocycles. The molecule has 1 aliphatic rings. The molecule has 10 heteroatoms. The number of methoxy groups -OCH3 is 1. The van der Waals surface area contributed by atoms with Crippen LogP contribution in [0.4, 0.5) is 5.13 Å². The molecule has 5 aromatic rings. The van der Waals surface area contributed by atoms with Gasteiger partial charge in [-0.2, -0.15) is 0 Å². The molecular formula is C28H22N4O5S. The molecule has 0 radical (unpaired) electrons. The van der Waals surface area contributed by atoms with Crippen LogP contribution >= 0.6 is 11.3 Å². The quantitative estimate of drug-likeness (QED) is 0.194. The summed E-state index contributed by atoms with van der Waals surface area (Å²) in [6, 6.07) is 14.4. The van der Waals surface area contributed by atoms with Crippen molar-refractivity contribution in [3.05, 3.63) is 88.9 Å². The minimum atomic E-state index is -1.03. The van der Waals surface area contributed by atoms with Gasteiger partial charge in [0.15, 0.2) is 10.9 Å². The maximum atomic E-state index is 13.5. The number of aromatic nitrogens is 3. The van der Waals surface area contributed by atoms with Gasteiger partial charge in [0.1, 0.15) is 22.8 Å². The molecule has 1 aliphatic heterocycles. The lowest BCUT2D eigenvalue weighted by Gasteiger charge is -2.22. The van der Waals surface area contributed by atoms with Crippen molar-refractivity contribution >= 4 is 49.8 Å². The molecule has 0 saturated carbocycles. The minimum Gasteiger partial charge on any atom is -0.508 e. The van der Waals surface area contributed by atoms with Crippen molar-refractivity contribution in [1.82, 2.24) is 14.4 Å². The molecule has 0 spiro atoms. The summed E-state index contributed by atoms with van der Waals surface area (Å²) in [4.78, 5) is 37.5. The molecular weight excluding hydrogens is 504 g/mol. The smallest absolute Gasteiger partial charge is 0.301 e. The second-order valence-corrected chi connectivity index (χ2v) is 10.0. The lowest BCUT2D eigenvalue weighted by atomic mass is 9.96. The number of fused-ring (bicyclic) bond motifs is 2. The fraction of sp³-hybridized carbons (Fsp3) is 0.143. The van der Waals surface area contributed by atoms with Gasteiger partial charge >= 0.3 is 5.91 Å². The number of aliphatic hydroxyl groups excluding tert-OH is 1. The Morgan fingerprint density at radius 2 is 1.87 bits per heavy atom. The van der Waals surface area contributed by atoms with Gasteiger partial charge < -0.3 is 19.4 Å². The number of imidazole rings is 1. The number of rotatable bonds is 4. The molecule has 2 N–H and O–H groups in total. The van der Waals surface area contributed by atoms with Crippen molar-refractivity contribution in [2.24, 2.45) is 0 Å². The number of hydrogen-bond acceptors (Lipinski definition) is 8. The molecule has 0 aliphatic carbocycles. The van der Waals surface area contributed by atoms with E-state index in [0.29, 0.717) is 28.2 Å². The van der Waals surface area contributed by atoms with E-state index in [4.69, 9.17) is 4.74 Å². The van der Waals surface area contributed by atoms with E-state index in [1.54, 1.807) is 44.4 Å². The molecule has 1 fully saturated rings. The summed E-state index contributed by atoms with van der Waals surface area (Å²) >= 11 is 1.23. The Balaban J connectivity index is 1.59. The third-order valence-electron chi connectivity index (χ3n) is 6.73. The zero-order valence-corrected chi connectivity index (χ0v) is 21.5. The number of thiazole rings is 1. The number of anilines is 1. The first-order chi connectivity index (χ1) is 18.3. The van der Waals surface area contributed by atoms with Crippen molar-refractivity contribution in [3.8, 4) is 11.5 Å². The van der Waals surface area contributed by atoms with Crippen molar-refractivity contribution < 1.29 is 24.5 Å². The highest BCUT2D eigenvalue weighted by atomic mass is 32.1. The van der Waals surface area contributed by atoms with Crippen LogP contribution in [-0.2, 0) is 9.59 Å². The summed E-state index contributed by atoms with van der Waals surface area (Å²) in [7, 11) is 1.56. The molecule has 1 unspecified atom stereocenters. The first kappa shape index (κ1) is 23.7. The van der Waals surface area contributed by atoms with Gasteiger partial charge in [-0.25, -0.2) is 9.97 Å². The predicted molar refractivity (Wildman–Crippen MR) is 144 cm³/mol. The molecule has 190 valence electrons. The Labute approximate surface area is 220 Å². The number of Topliss-reactive ketones (excluding diaryl/α,β-unsaturated/α-hetero) is 1. The normalized spacial score (nSPS) is 17.1. The van der Waals surface area contributed by atoms with Crippen LogP contribution in [0.1, 0.15) is 28.6 Å². The molecule has 0 bridgehead atoms. The van der Waals surface area contributed by atoms with Gasteiger partial charge in [0.2, 0.25) is 0 Å². The van der Waals surface area contributed by atoms with Gasteiger partial charge in [-0.3, -0.25) is 14.5 Å². The van der Waals surface area contributed by atoms with E-state index in [1.807, 2.05) is 29.7 Å². The van der Waals surface area contributed by atoms with E-state index >= 15 is 0 Å². The van der Waals surface area contributed by atoms with E-state index in [9.17, 15) is 19.8 Å². The first-order valence-electron chi connectivity index (χ1n) is 11.8. The molecule has 1 amide bonds. The number of ether oxygens (including phenoxy) is 1. The van der Waals surface area contributed by atoms with Crippen molar-refractivity contribution in [2.45, 2.75) is 19.9 Å². The number of aliphatic hydroxyl groups is 1. The van der Waals surface area contributed by atoms with Crippen LogP contribution in [0, 0.1) is 13.8 Å². The van der Waals surface area contributed by atoms with Crippen molar-refractivity contribution in [1.29, 1.82) is 0 Å². The van der Waals surface area contributed by atoms with Crippen molar-refractivity contribution in [3.63, 3.8) is 0 Å². The Morgan fingerprint density at radius 1 is 1.05 bits per heavy atom. The molecule has 38 heavy (non-hydrogen) atoms. The maximum absolute atomic E-state index is 13.5. The topological polar surface area (TPSA) is 117 Å². The molecule has 2 aromatic carbocycles. The molecule has 3 aromatic heterocycles. The van der Waals surface area contributed by atoms with Gasteiger partial charge in [-0.15, -0.1) is 0 Å². The first-order valence-corrected chi connectivity index (χ1v) is 12.6. The third-order valence-corrected chi connectivity index (χ3v) is 7.75. The number of nitrogens with zero attached hydrogens (tertiary/aromatic N) is 4. The van der Waals surface area contributed by atoms with Crippen LogP contribution in [0.25, 0.3) is 21.6 Å². The van der Waals surface area contributed by atoms with Crippen LogP contribution in [0.5, 0.6) is 11.5 Å². The van der Waals surface area contributed by atoms with Crippen LogP contribution in [0.2, 0.25) is 0 Å². The standard InChI is InChI=1S/C28H22N4O5S/c1-14-6-5-11-31-15(2)22(30-26(14)31)24(34)21-23(16-7-4-8-17(33)12-16)32(27(36)25(21)35)28-29-19-10-9-18(37-3)13-20(19)38-28/h4-13,23,33-34H,1-3H3. The van der Waals surface area contributed by atoms with E-state index in [-0.39, 0.29) is 27.9 Å². The van der Waals surface area contributed by atoms with Crippen LogP contribution in [-0.4, -0.2) is 43.4 Å². The third kappa shape index (κ3) is 3.52. The number of carbonyl (C=O) groups excluding carboxylic acids is 2. The Kier molecular flexibility index (Phi) is 5.42. The fourth-order valence-corrected chi connectivity index (χ4v) is 5.86. The molecule has 1 atom stereocenters. The van der Waals surface area contributed by atoms with Gasteiger partial charge in [0.05, 0.1) is 34.6 Å². The SMILES string of the molecule is COc1ccc2nc(N3C(=O)C(=O)C(=C(O)c4nc5c(C)cccn5c4C)C3c3cccc(O)c3)sc2c1. The van der Waals surface area contributed by atoms with Crippen LogP contribution < -0.4 is 9.64 Å². The van der Waals surface area contributed by atoms with E-state index in [0.717, 1.165) is 10.3 Å². The summed E-state index contributed by atoms with van der Waals surface area (Å²) < 4.78 is 7.90. The number of pyridine rings is 1. The lowest BCUT2D eigenvalue weighted by molar-refractivity contribution is -0.132. The van der Waals surface area contributed by atoms with E-state index < -0.39 is 17.7 Å². The van der Waals surface area contributed by atoms with Crippen LogP contribution in [0.3, 0.4) is 0 Å². The second kappa shape index (κ2) is 8.70. The van der Waals surface area contributed by atoms with Gasteiger partial charge in [-0.1, -0.05) is 29.5 Å². The highest BCUT2D eigenvalue weighted by Gasteiger charge is 2.48. The van der Waals surface area contributed by atoms with E-state index in [1.165, 1.54) is 28.4 Å². The minimum absolute atomic E-state index is 0.0401. The number of amides is 1. The lowest BCUT2D eigenvalue weighted by Crippen LogP contribution is -2.29. The Hall–Kier alpha value is -4.70. The molecule has 6 rings (SSSR count). The molecule has 1 saturated heterocycles. The summed E-state index contributed by atoms with van der Waals surface area (Å²) in [5.74, 6) is -1.48. The predicted octanol–water partition coefficient (Wildman–Crippen LogP) is 4.90. The number of ketones is 1. The highest BCUT2D eigenvalue weighted by Crippen LogP contribution is 2.45. The second-order valence-electron chi connectivity index (χ2n) is 9.02. The zero-order valence-electron chi connectivity index (χ0n) is 20.7. The average Bonchev–Trinajstić information content (AvgIpc) is 3.56. The number of hydrogen-bond donors (Lipinski definition) is 2. The summed E-state index contributed by atoms with van der Waals surface area (Å²) in [6.45, 7) is 3.69. The van der Waals surface area contributed by atoms with Gasteiger partial charge in [0, 0.05) is 6.20 Å². The Bertz CT molecular complexity index is 1820. The number of benzene rings is 2. The largest absolute Gasteiger partial charge is 0.508 e. The number of aryl methyl sites for hydroxylation is 2. The number of phenols is 1. The summed E-state index contributed by atoms with van der Waals surface area (Å²) in [5, 5.41) is 22.1. The van der Waals surface area contributed by atoms with Crippen LogP contribution in [0.15, 0.2) is 66.4 Å². The fourth-order valence-electron chi connectivity index (χ4n) is 4.84. The number of aromatic hydroxyl groups is 1. The average molecular weight is 527 g/mol. The number of carbonyl (C=O) groups is 2. The number of phenolic OH excluding ortho intramolecular Hbond substituents is 1. The zero-order chi connectivity index (χ0) is 26.7. The van der Waals surface area contributed by atoms with E-state index in [2.05, 4.69) is 9.97 Å². The Morgan fingerprint density at radius 3 is 2.61 bits per heavy atom. The maximum Gasteiger partial charge on any atom is 0.301 e.